The Morgan fingerprint density at radius 1 is 1.18 bits per heavy atom. The van der Waals surface area contributed by atoms with E-state index < -0.39 is 34.9 Å². The van der Waals surface area contributed by atoms with E-state index in [1.54, 1.807) is 0 Å². The molecule has 3 aliphatic rings. The van der Waals surface area contributed by atoms with Gasteiger partial charge < -0.3 is 30.5 Å². The van der Waals surface area contributed by atoms with Crippen molar-refractivity contribution in [2.24, 2.45) is 5.41 Å². The summed E-state index contributed by atoms with van der Waals surface area (Å²) in [6, 6.07) is 4.06. The highest BCUT2D eigenvalue weighted by Crippen LogP contribution is 2.54. The highest BCUT2D eigenvalue weighted by Gasteiger charge is 2.46. The number of aliphatic hydroxyl groups is 1. The van der Waals surface area contributed by atoms with Gasteiger partial charge >= 0.3 is 0 Å². The molecule has 212 valence electrons. The largest absolute Gasteiger partial charge is 0.758 e. The molecule has 5 rings (SSSR count). The summed E-state index contributed by atoms with van der Waals surface area (Å²) in [5.41, 5.74) is 1.04. The van der Waals surface area contributed by atoms with E-state index in [0.29, 0.717) is 29.3 Å². The Bertz CT molecular complexity index is 1350. The molecule has 0 radical (unpaired) electrons. The Labute approximate surface area is 224 Å². The summed E-state index contributed by atoms with van der Waals surface area (Å²) in [7, 11) is -2.79. The maximum absolute atomic E-state index is 13.5. The molecule has 2 saturated heterocycles. The molecule has 2 aliphatic heterocycles. The van der Waals surface area contributed by atoms with Crippen molar-refractivity contribution < 1.29 is 27.1 Å². The minimum Gasteiger partial charge on any atom is -0.758 e. The minimum atomic E-state index is -4.00. The molecule has 3 N–H and O–H groups in total. The van der Waals surface area contributed by atoms with E-state index in [2.05, 4.69) is 20.0 Å². The van der Waals surface area contributed by atoms with Crippen LogP contribution in [-0.4, -0.2) is 81.7 Å². The number of piperidine rings is 1. The fourth-order valence-electron chi connectivity index (χ4n) is 4.98. The molecule has 0 bridgehead atoms. The van der Waals surface area contributed by atoms with Crippen molar-refractivity contribution in [2.75, 3.05) is 66.6 Å². The van der Waals surface area contributed by atoms with E-state index in [4.69, 9.17) is 5.11 Å². The number of anilines is 4. The molecule has 1 aliphatic carbocycles. The fraction of sp³-hybridized carbons (Fsp3) is 0.542. The summed E-state index contributed by atoms with van der Waals surface area (Å²) in [6.07, 6.45) is 5.50. The molecule has 4 heterocycles. The number of sulfonamides is 1. The standard InChI is InChI=1S/C24H30F2N7O5S/c1-31(36)18-3-2-16(29-21(18)33-14-24(25,26)15-33)22(35)30-17-13-27-20(39(37,38)28-8-11-34)12-19(17)32-9-6-23(4-5-23)7-10-32/h2-3,12-13,28,34H,4-11,14-15H2,1H3,(H,30,35)/q-1. The zero-order chi connectivity index (χ0) is 28.0. The molecular formula is C24H30F2N7O5S-. The molecule has 12 nitrogen and oxygen atoms in total. The molecule has 15 heteroatoms. The number of pyridine rings is 2. The Morgan fingerprint density at radius 3 is 2.46 bits per heavy atom. The summed E-state index contributed by atoms with van der Waals surface area (Å²) in [5, 5.41) is 24.0. The minimum absolute atomic E-state index is 0.0217. The number of rotatable bonds is 9. The van der Waals surface area contributed by atoms with Gasteiger partial charge in [-0.3, -0.25) is 4.79 Å². The van der Waals surface area contributed by atoms with Gasteiger partial charge in [-0.05, 0) is 50.3 Å². The van der Waals surface area contributed by atoms with Crippen LogP contribution >= 0.6 is 0 Å². The predicted molar refractivity (Wildman–Crippen MR) is 141 cm³/mol. The van der Waals surface area contributed by atoms with Crippen LogP contribution in [0.25, 0.3) is 0 Å². The van der Waals surface area contributed by atoms with Crippen LogP contribution in [-0.2, 0) is 10.0 Å². The van der Waals surface area contributed by atoms with Gasteiger partial charge in [0.1, 0.15) is 5.69 Å². The number of alkyl halides is 2. The monoisotopic (exact) mass is 566 g/mol. The molecule has 2 aromatic heterocycles. The molecule has 2 aromatic rings. The van der Waals surface area contributed by atoms with Crippen molar-refractivity contribution in [2.45, 2.75) is 36.6 Å². The van der Waals surface area contributed by atoms with E-state index in [9.17, 15) is 27.2 Å². The van der Waals surface area contributed by atoms with Crippen molar-refractivity contribution in [3.63, 3.8) is 0 Å². The third-order valence-corrected chi connectivity index (χ3v) is 8.83. The van der Waals surface area contributed by atoms with Gasteiger partial charge in [-0.15, -0.1) is 0 Å². The van der Waals surface area contributed by atoms with Crippen molar-refractivity contribution in [3.05, 3.63) is 35.3 Å². The van der Waals surface area contributed by atoms with Crippen LogP contribution in [0.4, 0.5) is 31.7 Å². The maximum Gasteiger partial charge on any atom is 0.282 e. The maximum atomic E-state index is 13.5. The predicted octanol–water partition coefficient (Wildman–Crippen LogP) is 1.77. The molecule has 39 heavy (non-hydrogen) atoms. The van der Waals surface area contributed by atoms with Crippen molar-refractivity contribution in [1.29, 1.82) is 0 Å². The Hall–Kier alpha value is -3.14. The number of carbonyl (C=O) groups is 1. The summed E-state index contributed by atoms with van der Waals surface area (Å²) in [5.74, 6) is -3.59. The molecule has 1 spiro atoms. The number of aliphatic hydroxyl groups excluding tert-OH is 1. The van der Waals surface area contributed by atoms with Gasteiger partial charge in [0.15, 0.2) is 10.8 Å². The number of carbonyl (C=O) groups excluding carboxylic acids is 1. The normalized spacial score (nSPS) is 19.5. The molecule has 0 unspecified atom stereocenters. The van der Waals surface area contributed by atoms with Crippen LogP contribution in [0.3, 0.4) is 0 Å². The van der Waals surface area contributed by atoms with Crippen LogP contribution in [0.5, 0.6) is 0 Å². The summed E-state index contributed by atoms with van der Waals surface area (Å²) < 4.78 is 54.6. The van der Waals surface area contributed by atoms with Crippen LogP contribution in [0.15, 0.2) is 29.4 Å². The first-order valence-electron chi connectivity index (χ1n) is 12.6. The number of aromatic nitrogens is 2. The highest BCUT2D eigenvalue weighted by molar-refractivity contribution is 7.89. The second kappa shape index (κ2) is 10.1. The Balaban J connectivity index is 1.43. The number of hydrogen-bond acceptors (Lipinski definition) is 10. The third kappa shape index (κ3) is 5.76. The van der Waals surface area contributed by atoms with Crippen LogP contribution in [0.1, 0.15) is 36.2 Å². The van der Waals surface area contributed by atoms with E-state index in [-0.39, 0.29) is 41.1 Å². The lowest BCUT2D eigenvalue weighted by atomic mass is 9.93. The smallest absolute Gasteiger partial charge is 0.282 e. The van der Waals surface area contributed by atoms with E-state index in [1.807, 2.05) is 4.90 Å². The number of nitrogens with one attached hydrogen (secondary N) is 2. The lowest BCUT2D eigenvalue weighted by Gasteiger charge is -2.42. The van der Waals surface area contributed by atoms with E-state index in [0.717, 1.165) is 12.8 Å². The molecule has 1 saturated carbocycles. The van der Waals surface area contributed by atoms with Gasteiger partial charge in [-0.25, -0.2) is 31.9 Å². The summed E-state index contributed by atoms with van der Waals surface area (Å²) in [4.78, 5) is 24.7. The third-order valence-electron chi connectivity index (χ3n) is 7.48. The summed E-state index contributed by atoms with van der Waals surface area (Å²) in [6.45, 7) is -0.429. The fourth-order valence-corrected chi connectivity index (χ4v) is 5.94. The average Bonchev–Trinajstić information content (AvgIpc) is 3.64. The second-order valence-electron chi connectivity index (χ2n) is 10.4. The van der Waals surface area contributed by atoms with Gasteiger partial charge in [-0.2, -0.15) is 0 Å². The van der Waals surface area contributed by atoms with Gasteiger partial charge in [0.25, 0.3) is 21.9 Å². The number of amides is 1. The molecular weight excluding hydrogens is 536 g/mol. The van der Waals surface area contributed by atoms with E-state index >= 15 is 0 Å². The Morgan fingerprint density at radius 2 is 1.87 bits per heavy atom. The molecule has 3 fully saturated rings. The second-order valence-corrected chi connectivity index (χ2v) is 12.1. The zero-order valence-electron chi connectivity index (χ0n) is 21.4. The first-order chi connectivity index (χ1) is 18.4. The van der Waals surface area contributed by atoms with Gasteiger partial charge in [0.05, 0.1) is 43.0 Å². The Kier molecular flexibility index (Phi) is 7.11. The van der Waals surface area contributed by atoms with Gasteiger partial charge in [-0.1, -0.05) is 0 Å². The number of halogens is 2. The van der Waals surface area contributed by atoms with Crippen molar-refractivity contribution in [3.8, 4) is 0 Å². The van der Waals surface area contributed by atoms with Crippen LogP contribution in [0.2, 0.25) is 0 Å². The molecule has 0 aromatic carbocycles. The topological polar surface area (TPSA) is 154 Å². The zero-order valence-corrected chi connectivity index (χ0v) is 22.2. The van der Waals surface area contributed by atoms with Crippen molar-refractivity contribution >= 4 is 38.8 Å². The van der Waals surface area contributed by atoms with Crippen LogP contribution in [0, 0.1) is 10.6 Å². The van der Waals surface area contributed by atoms with Gasteiger partial charge in [0.2, 0.25) is 0 Å². The number of hydrogen-bond donors (Lipinski definition) is 3. The lowest BCUT2D eigenvalue weighted by molar-refractivity contribution is -0.0266. The van der Waals surface area contributed by atoms with Gasteiger partial charge in [0, 0.05) is 25.7 Å². The molecule has 0 atom stereocenters. The first kappa shape index (κ1) is 27.4. The molecule has 1 amide bonds. The van der Waals surface area contributed by atoms with Crippen LogP contribution < -0.4 is 24.9 Å². The summed E-state index contributed by atoms with van der Waals surface area (Å²) >= 11 is 0. The lowest BCUT2D eigenvalue weighted by Crippen LogP contribution is -2.57. The number of nitrogens with zero attached hydrogens (tertiary/aromatic N) is 5. The highest BCUT2D eigenvalue weighted by atomic mass is 32.2. The number of hydroxylamine groups is 1. The van der Waals surface area contributed by atoms with E-state index in [1.165, 1.54) is 49.2 Å². The van der Waals surface area contributed by atoms with Crippen molar-refractivity contribution in [1.82, 2.24) is 14.7 Å². The SMILES string of the molecule is CN([O-])c1ccc(C(=O)Nc2cnc(S(=O)(=O)NCCO)cc2N2CCC3(CC2)CC3)nc1N1CC(F)(F)C1. The quantitative estimate of drug-likeness (QED) is 0.383. The average molecular weight is 567 g/mol. The first-order valence-corrected chi connectivity index (χ1v) is 14.1.